The summed E-state index contributed by atoms with van der Waals surface area (Å²) >= 11 is 0. The molecule has 1 atom stereocenters. The molecule has 0 aliphatic carbocycles. The van der Waals surface area contributed by atoms with Crippen LogP contribution in [0.1, 0.15) is 105 Å². The van der Waals surface area contributed by atoms with Crippen molar-refractivity contribution in [3.05, 3.63) is 0 Å². The maximum absolute atomic E-state index is 6.32. The van der Waals surface area contributed by atoms with E-state index in [-0.39, 0.29) is 0 Å². The van der Waals surface area contributed by atoms with Gasteiger partial charge in [-0.05, 0) is 30.8 Å². The van der Waals surface area contributed by atoms with E-state index in [0.717, 1.165) is 31.2 Å². The van der Waals surface area contributed by atoms with Gasteiger partial charge in [-0.1, -0.05) is 92.4 Å². The van der Waals surface area contributed by atoms with Crippen molar-refractivity contribution in [1.29, 1.82) is 0 Å². The first kappa shape index (κ1) is 24.1. The lowest BCUT2D eigenvalue weighted by Crippen LogP contribution is -2.41. The summed E-state index contributed by atoms with van der Waals surface area (Å²) in [6, 6.07) is 2.17. The van der Waals surface area contributed by atoms with E-state index in [1.165, 1.54) is 70.6 Å². The zero-order chi connectivity index (χ0) is 18.1. The van der Waals surface area contributed by atoms with E-state index >= 15 is 0 Å². The van der Waals surface area contributed by atoms with Gasteiger partial charge in [0.05, 0.1) is 0 Å². The SMILES string of the molecule is CCCCCCCCCCCO[Si](CC)(CC)OCCC(C)CC. The molecule has 0 aromatic heterocycles. The second-order valence-corrected chi connectivity index (χ2v) is 11.3. The fraction of sp³-hybridized carbons (Fsp3) is 1.00. The van der Waals surface area contributed by atoms with Crippen LogP contribution < -0.4 is 0 Å². The molecule has 0 aromatic rings. The largest absolute Gasteiger partial charge is 0.394 e. The Balaban J connectivity index is 3.73. The van der Waals surface area contributed by atoms with Crippen molar-refractivity contribution in [3.63, 3.8) is 0 Å². The van der Waals surface area contributed by atoms with Crippen molar-refractivity contribution < 1.29 is 8.85 Å². The summed E-state index contributed by atoms with van der Waals surface area (Å²) in [7, 11) is -1.91. The average Bonchev–Trinajstić information content (AvgIpc) is 2.61. The highest BCUT2D eigenvalue weighted by Gasteiger charge is 2.33. The minimum Gasteiger partial charge on any atom is -0.394 e. The van der Waals surface area contributed by atoms with Gasteiger partial charge in [0.1, 0.15) is 0 Å². The van der Waals surface area contributed by atoms with Crippen LogP contribution in [0.15, 0.2) is 0 Å². The minimum absolute atomic E-state index is 0.766. The average molecular weight is 359 g/mol. The van der Waals surface area contributed by atoms with Crippen LogP contribution >= 0.6 is 0 Å². The molecule has 0 bridgehead atoms. The van der Waals surface area contributed by atoms with E-state index in [1.807, 2.05) is 0 Å². The molecule has 0 fully saturated rings. The highest BCUT2D eigenvalue weighted by molar-refractivity contribution is 6.67. The Morgan fingerprint density at radius 1 is 0.667 bits per heavy atom. The fourth-order valence-corrected chi connectivity index (χ4v) is 5.43. The molecule has 0 saturated carbocycles. The van der Waals surface area contributed by atoms with Crippen molar-refractivity contribution in [3.8, 4) is 0 Å². The Morgan fingerprint density at radius 3 is 1.67 bits per heavy atom. The van der Waals surface area contributed by atoms with Gasteiger partial charge in [-0.3, -0.25) is 0 Å². The molecule has 0 rings (SSSR count). The van der Waals surface area contributed by atoms with Crippen LogP contribution in [0.3, 0.4) is 0 Å². The molecule has 146 valence electrons. The Bertz CT molecular complexity index is 254. The van der Waals surface area contributed by atoms with Crippen LogP contribution in [-0.2, 0) is 8.85 Å². The molecule has 0 saturated heterocycles. The van der Waals surface area contributed by atoms with Crippen LogP contribution in [0.2, 0.25) is 12.1 Å². The Labute approximate surface area is 154 Å². The lowest BCUT2D eigenvalue weighted by Gasteiger charge is -2.29. The highest BCUT2D eigenvalue weighted by atomic mass is 28.4. The second-order valence-electron chi connectivity index (χ2n) is 7.45. The molecular formula is C21H46O2Si. The predicted octanol–water partition coefficient (Wildman–Crippen LogP) is 7.47. The van der Waals surface area contributed by atoms with E-state index in [4.69, 9.17) is 8.85 Å². The van der Waals surface area contributed by atoms with Gasteiger partial charge >= 0.3 is 8.56 Å². The summed E-state index contributed by atoms with van der Waals surface area (Å²) < 4.78 is 12.6. The van der Waals surface area contributed by atoms with Crippen molar-refractivity contribution in [2.24, 2.45) is 5.92 Å². The van der Waals surface area contributed by atoms with Gasteiger partial charge in [0.15, 0.2) is 0 Å². The quantitative estimate of drug-likeness (QED) is 0.187. The smallest absolute Gasteiger partial charge is 0.337 e. The molecule has 0 aliphatic heterocycles. The van der Waals surface area contributed by atoms with Crippen LogP contribution in [0, 0.1) is 5.92 Å². The summed E-state index contributed by atoms with van der Waals surface area (Å²) in [6.45, 7) is 13.1. The third-order valence-corrected chi connectivity index (χ3v) is 8.98. The van der Waals surface area contributed by atoms with Crippen molar-refractivity contribution >= 4 is 8.56 Å². The molecule has 0 radical (unpaired) electrons. The van der Waals surface area contributed by atoms with Crippen LogP contribution in [0.5, 0.6) is 0 Å². The summed E-state index contributed by atoms with van der Waals surface area (Å²) in [5.41, 5.74) is 0. The molecule has 3 heteroatoms. The molecule has 0 heterocycles. The molecule has 2 nitrogen and oxygen atoms in total. The van der Waals surface area contributed by atoms with Gasteiger partial charge in [-0.15, -0.1) is 0 Å². The van der Waals surface area contributed by atoms with E-state index in [1.54, 1.807) is 0 Å². The zero-order valence-corrected chi connectivity index (χ0v) is 18.5. The van der Waals surface area contributed by atoms with Crippen LogP contribution in [0.4, 0.5) is 0 Å². The summed E-state index contributed by atoms with van der Waals surface area (Å²) in [6.07, 6.45) is 14.7. The summed E-state index contributed by atoms with van der Waals surface area (Å²) in [5, 5.41) is 0. The topological polar surface area (TPSA) is 18.5 Å². The molecule has 1 unspecified atom stereocenters. The molecular weight excluding hydrogens is 312 g/mol. The van der Waals surface area contributed by atoms with Crippen molar-refractivity contribution in [1.82, 2.24) is 0 Å². The number of hydrogen-bond acceptors (Lipinski definition) is 2. The fourth-order valence-electron chi connectivity index (χ4n) is 3.02. The first-order chi connectivity index (χ1) is 11.6. The Morgan fingerprint density at radius 2 is 1.17 bits per heavy atom. The lowest BCUT2D eigenvalue weighted by molar-refractivity contribution is 0.157. The molecule has 24 heavy (non-hydrogen) atoms. The molecule has 0 amide bonds. The molecule has 0 aliphatic rings. The molecule has 0 spiro atoms. The third-order valence-electron chi connectivity index (χ3n) is 5.36. The van der Waals surface area contributed by atoms with Gasteiger partial charge in [0, 0.05) is 13.2 Å². The Kier molecular flexibility index (Phi) is 16.7. The maximum Gasteiger partial charge on any atom is 0.337 e. The normalized spacial score (nSPS) is 13.4. The molecule has 0 aromatic carbocycles. The summed E-state index contributed by atoms with van der Waals surface area (Å²) in [5.74, 6) is 0.766. The standard InChI is InChI=1S/C21H46O2Si/c1-6-10-11-12-13-14-15-16-17-19-22-24(8-3,9-4)23-20-18-21(5)7-2/h21H,6-20H2,1-5H3. The van der Waals surface area contributed by atoms with E-state index in [0.29, 0.717) is 0 Å². The van der Waals surface area contributed by atoms with Crippen molar-refractivity contribution in [2.45, 2.75) is 117 Å². The summed E-state index contributed by atoms with van der Waals surface area (Å²) in [4.78, 5) is 0. The van der Waals surface area contributed by atoms with E-state index in [9.17, 15) is 0 Å². The minimum atomic E-state index is -1.91. The van der Waals surface area contributed by atoms with Gasteiger partial charge in [0.25, 0.3) is 0 Å². The highest BCUT2D eigenvalue weighted by Crippen LogP contribution is 2.21. The van der Waals surface area contributed by atoms with Gasteiger partial charge in [-0.25, -0.2) is 0 Å². The maximum atomic E-state index is 6.32. The van der Waals surface area contributed by atoms with Gasteiger partial charge < -0.3 is 8.85 Å². The number of hydrogen-bond donors (Lipinski definition) is 0. The monoisotopic (exact) mass is 358 g/mol. The number of rotatable bonds is 18. The van der Waals surface area contributed by atoms with E-state index < -0.39 is 8.56 Å². The van der Waals surface area contributed by atoms with Crippen LogP contribution in [0.25, 0.3) is 0 Å². The van der Waals surface area contributed by atoms with Crippen molar-refractivity contribution in [2.75, 3.05) is 13.2 Å². The van der Waals surface area contributed by atoms with Gasteiger partial charge in [-0.2, -0.15) is 0 Å². The first-order valence-electron chi connectivity index (χ1n) is 10.9. The Hall–Kier alpha value is 0.137. The number of unbranched alkanes of at least 4 members (excludes halogenated alkanes) is 8. The lowest BCUT2D eigenvalue weighted by atomic mass is 10.1. The van der Waals surface area contributed by atoms with Crippen LogP contribution in [-0.4, -0.2) is 21.8 Å². The van der Waals surface area contributed by atoms with Gasteiger partial charge in [0.2, 0.25) is 0 Å². The predicted molar refractivity (Wildman–Crippen MR) is 110 cm³/mol. The first-order valence-corrected chi connectivity index (χ1v) is 13.1. The molecule has 0 N–H and O–H groups in total. The zero-order valence-electron chi connectivity index (χ0n) is 17.5. The van der Waals surface area contributed by atoms with E-state index in [2.05, 4.69) is 34.6 Å². The third kappa shape index (κ3) is 12.5. The second kappa shape index (κ2) is 16.6.